The standard InChI is InChI=1S/C20H23NO4/c1-3-17-16(20(23)24)11-18(25-17)19(22)21-10-9-15(13(2)12-21)14-7-5-4-6-8-14/h4-8,11,13,15H,3,9-10,12H2,1-2H3,(H,23,24). The van der Waals surface area contributed by atoms with E-state index in [1.54, 1.807) is 4.90 Å². The summed E-state index contributed by atoms with van der Waals surface area (Å²) in [6.45, 7) is 5.25. The average molecular weight is 341 g/mol. The van der Waals surface area contributed by atoms with E-state index < -0.39 is 5.97 Å². The summed E-state index contributed by atoms with van der Waals surface area (Å²) < 4.78 is 5.51. The lowest BCUT2D eigenvalue weighted by Gasteiger charge is -2.36. The Balaban J connectivity index is 1.74. The second kappa shape index (κ2) is 7.13. The predicted molar refractivity (Wildman–Crippen MR) is 93.9 cm³/mol. The highest BCUT2D eigenvalue weighted by Crippen LogP contribution is 2.33. The van der Waals surface area contributed by atoms with Crippen LogP contribution in [0.2, 0.25) is 0 Å². The minimum atomic E-state index is -1.06. The maximum atomic E-state index is 12.7. The number of hydrogen-bond donors (Lipinski definition) is 1. The van der Waals surface area contributed by atoms with Crippen LogP contribution >= 0.6 is 0 Å². The van der Waals surface area contributed by atoms with Crippen molar-refractivity contribution in [3.05, 3.63) is 59.0 Å². The molecule has 3 rings (SSSR count). The topological polar surface area (TPSA) is 70.8 Å². The van der Waals surface area contributed by atoms with Gasteiger partial charge in [0.05, 0.1) is 0 Å². The van der Waals surface area contributed by atoms with Crippen molar-refractivity contribution in [3.63, 3.8) is 0 Å². The molecule has 1 saturated heterocycles. The summed E-state index contributed by atoms with van der Waals surface area (Å²) in [7, 11) is 0. The van der Waals surface area contributed by atoms with Gasteiger partial charge >= 0.3 is 5.97 Å². The van der Waals surface area contributed by atoms with E-state index in [1.165, 1.54) is 11.6 Å². The van der Waals surface area contributed by atoms with Crippen molar-refractivity contribution in [2.24, 2.45) is 5.92 Å². The zero-order valence-electron chi connectivity index (χ0n) is 14.6. The molecule has 0 bridgehead atoms. The fraction of sp³-hybridized carbons (Fsp3) is 0.400. The smallest absolute Gasteiger partial charge is 0.339 e. The van der Waals surface area contributed by atoms with E-state index in [0.717, 1.165) is 6.42 Å². The highest BCUT2D eigenvalue weighted by atomic mass is 16.4. The predicted octanol–water partition coefficient (Wildman–Crippen LogP) is 3.81. The van der Waals surface area contributed by atoms with Gasteiger partial charge in [-0.3, -0.25) is 4.79 Å². The molecule has 1 aromatic heterocycles. The third-order valence-corrected chi connectivity index (χ3v) is 4.99. The number of aryl methyl sites for hydroxylation is 1. The van der Waals surface area contributed by atoms with Crippen LogP contribution in [0, 0.1) is 5.92 Å². The maximum Gasteiger partial charge on any atom is 0.339 e. The number of carbonyl (C=O) groups is 2. The first-order chi connectivity index (χ1) is 12.0. The third-order valence-electron chi connectivity index (χ3n) is 4.99. The molecule has 2 unspecified atom stereocenters. The minimum absolute atomic E-state index is 0.0815. The van der Waals surface area contributed by atoms with E-state index in [1.807, 2.05) is 25.1 Å². The van der Waals surface area contributed by atoms with E-state index in [0.29, 0.717) is 37.1 Å². The summed E-state index contributed by atoms with van der Waals surface area (Å²) in [4.78, 5) is 25.8. The van der Waals surface area contributed by atoms with Crippen LogP contribution in [0.3, 0.4) is 0 Å². The Kier molecular flexibility index (Phi) is 4.93. The number of hydrogen-bond acceptors (Lipinski definition) is 3. The first kappa shape index (κ1) is 17.3. The molecule has 0 spiro atoms. The van der Waals surface area contributed by atoms with E-state index in [9.17, 15) is 14.7 Å². The molecule has 1 aliphatic heterocycles. The third kappa shape index (κ3) is 3.45. The number of furan rings is 1. The highest BCUT2D eigenvalue weighted by Gasteiger charge is 2.32. The number of carbonyl (C=O) groups excluding carboxylic acids is 1. The first-order valence-electron chi connectivity index (χ1n) is 8.71. The molecule has 0 radical (unpaired) electrons. The zero-order valence-corrected chi connectivity index (χ0v) is 14.6. The second-order valence-electron chi connectivity index (χ2n) is 6.64. The normalized spacial score (nSPS) is 20.5. The van der Waals surface area contributed by atoms with Gasteiger partial charge in [-0.15, -0.1) is 0 Å². The molecule has 2 heterocycles. The van der Waals surface area contributed by atoms with Gasteiger partial charge < -0.3 is 14.4 Å². The van der Waals surface area contributed by atoms with Gasteiger partial charge in [-0.05, 0) is 23.8 Å². The van der Waals surface area contributed by atoms with E-state index in [4.69, 9.17) is 4.42 Å². The van der Waals surface area contributed by atoms with Crippen molar-refractivity contribution in [1.29, 1.82) is 0 Å². The van der Waals surface area contributed by atoms with Crippen LogP contribution in [-0.2, 0) is 6.42 Å². The summed E-state index contributed by atoms with van der Waals surface area (Å²) in [6.07, 6.45) is 1.34. The molecule has 0 saturated carbocycles. The maximum absolute atomic E-state index is 12.7. The van der Waals surface area contributed by atoms with Crippen LogP contribution in [0.15, 0.2) is 40.8 Å². The second-order valence-corrected chi connectivity index (χ2v) is 6.64. The van der Waals surface area contributed by atoms with Gasteiger partial charge in [0.25, 0.3) is 5.91 Å². The van der Waals surface area contributed by atoms with Crippen LogP contribution in [0.25, 0.3) is 0 Å². The summed E-state index contributed by atoms with van der Waals surface area (Å²) in [6, 6.07) is 11.7. The van der Waals surface area contributed by atoms with Crippen molar-refractivity contribution in [2.45, 2.75) is 32.6 Å². The van der Waals surface area contributed by atoms with Crippen LogP contribution < -0.4 is 0 Å². The van der Waals surface area contributed by atoms with E-state index in [-0.39, 0.29) is 17.2 Å². The molecular formula is C20H23NO4. The molecule has 1 aliphatic rings. The SMILES string of the molecule is CCc1oc(C(=O)N2CCC(c3ccccc3)C(C)C2)cc1C(=O)O. The van der Waals surface area contributed by atoms with Gasteiger partial charge in [0.1, 0.15) is 11.3 Å². The number of aromatic carboxylic acids is 1. The number of carboxylic acids is 1. The first-order valence-corrected chi connectivity index (χ1v) is 8.71. The molecule has 132 valence electrons. The van der Waals surface area contributed by atoms with Crippen LogP contribution in [-0.4, -0.2) is 35.0 Å². The Morgan fingerprint density at radius 1 is 1.28 bits per heavy atom. The van der Waals surface area contributed by atoms with Gasteiger partial charge in [0.15, 0.2) is 5.76 Å². The molecule has 1 amide bonds. The van der Waals surface area contributed by atoms with Crippen molar-refractivity contribution in [1.82, 2.24) is 4.90 Å². The van der Waals surface area contributed by atoms with Crippen LogP contribution in [0.4, 0.5) is 0 Å². The highest BCUT2D eigenvalue weighted by molar-refractivity contribution is 5.96. The Hall–Kier alpha value is -2.56. The zero-order chi connectivity index (χ0) is 18.0. The Bertz CT molecular complexity index is 765. The molecule has 0 aliphatic carbocycles. The molecule has 1 N–H and O–H groups in total. The molecule has 1 fully saturated rings. The Morgan fingerprint density at radius 3 is 2.56 bits per heavy atom. The van der Waals surface area contributed by atoms with E-state index in [2.05, 4.69) is 19.1 Å². The lowest BCUT2D eigenvalue weighted by atomic mass is 9.81. The fourth-order valence-corrected chi connectivity index (χ4v) is 3.66. The molecule has 25 heavy (non-hydrogen) atoms. The number of nitrogens with zero attached hydrogens (tertiary/aromatic N) is 1. The lowest BCUT2D eigenvalue weighted by Crippen LogP contribution is -2.42. The monoisotopic (exact) mass is 341 g/mol. The average Bonchev–Trinajstić information content (AvgIpc) is 3.06. The number of amides is 1. The number of likely N-dealkylation sites (tertiary alicyclic amines) is 1. The fourth-order valence-electron chi connectivity index (χ4n) is 3.66. The molecular weight excluding hydrogens is 318 g/mol. The van der Waals surface area contributed by atoms with Gasteiger partial charge in [-0.1, -0.05) is 44.2 Å². The molecule has 1 aromatic carbocycles. The summed E-state index contributed by atoms with van der Waals surface area (Å²) >= 11 is 0. The van der Waals surface area contributed by atoms with Gasteiger partial charge in [0, 0.05) is 25.6 Å². The largest absolute Gasteiger partial charge is 0.478 e. The van der Waals surface area contributed by atoms with Crippen molar-refractivity contribution < 1.29 is 19.1 Å². The number of piperidine rings is 1. The summed E-state index contributed by atoms with van der Waals surface area (Å²) in [5.41, 5.74) is 1.39. The van der Waals surface area contributed by atoms with Crippen molar-refractivity contribution in [3.8, 4) is 0 Å². The van der Waals surface area contributed by atoms with Crippen LogP contribution in [0.1, 0.15) is 58.4 Å². The van der Waals surface area contributed by atoms with Crippen molar-refractivity contribution in [2.75, 3.05) is 13.1 Å². The lowest BCUT2D eigenvalue weighted by molar-refractivity contribution is 0.0626. The van der Waals surface area contributed by atoms with Crippen LogP contribution in [0.5, 0.6) is 0 Å². The quantitative estimate of drug-likeness (QED) is 0.918. The van der Waals surface area contributed by atoms with Crippen molar-refractivity contribution >= 4 is 11.9 Å². The van der Waals surface area contributed by atoms with E-state index >= 15 is 0 Å². The van der Waals surface area contributed by atoms with Gasteiger partial charge in [-0.2, -0.15) is 0 Å². The number of rotatable bonds is 4. The molecule has 5 heteroatoms. The Morgan fingerprint density at radius 2 is 2.00 bits per heavy atom. The van der Waals surface area contributed by atoms with Gasteiger partial charge in [0.2, 0.25) is 0 Å². The number of carboxylic acid groups (broad SMARTS) is 1. The summed E-state index contributed by atoms with van der Waals surface area (Å²) in [5.74, 6) is -0.0404. The molecule has 5 nitrogen and oxygen atoms in total. The minimum Gasteiger partial charge on any atom is -0.478 e. The Labute approximate surface area is 147 Å². The number of benzene rings is 1. The molecule has 2 atom stereocenters. The van der Waals surface area contributed by atoms with Gasteiger partial charge in [-0.25, -0.2) is 4.79 Å². The molecule has 2 aromatic rings. The summed E-state index contributed by atoms with van der Waals surface area (Å²) in [5, 5.41) is 9.22.